The minimum atomic E-state index is 0.658. The van der Waals surface area contributed by atoms with Crippen molar-refractivity contribution >= 4 is 16.9 Å². The molecule has 136 valence electrons. The summed E-state index contributed by atoms with van der Waals surface area (Å²) in [6.45, 7) is 7.14. The summed E-state index contributed by atoms with van der Waals surface area (Å²) in [5, 5.41) is 7.63. The maximum absolute atomic E-state index is 4.66. The topological polar surface area (TPSA) is 62.1 Å². The first-order valence-electron chi connectivity index (χ1n) is 9.21. The second-order valence-corrected chi connectivity index (χ2v) is 6.86. The van der Waals surface area contributed by atoms with Gasteiger partial charge in [-0.2, -0.15) is 5.10 Å². The predicted molar refractivity (Wildman–Crippen MR) is 104 cm³/mol. The summed E-state index contributed by atoms with van der Waals surface area (Å²) < 4.78 is 1.99. The third-order valence-corrected chi connectivity index (χ3v) is 4.76. The smallest absolute Gasteiger partial charge is 0.238 e. The van der Waals surface area contributed by atoms with E-state index in [2.05, 4.69) is 68.8 Å². The number of hydrogen-bond acceptors (Lipinski definition) is 6. The number of rotatable bonds is 5. The Bertz CT molecular complexity index is 880. The van der Waals surface area contributed by atoms with Gasteiger partial charge in [0.05, 0.1) is 11.7 Å². The molecule has 3 heterocycles. The van der Waals surface area contributed by atoms with Crippen LogP contribution in [0.25, 0.3) is 22.0 Å². The van der Waals surface area contributed by atoms with Crippen LogP contribution in [0.3, 0.4) is 0 Å². The fourth-order valence-corrected chi connectivity index (χ4v) is 3.19. The lowest BCUT2D eigenvalue weighted by molar-refractivity contribution is 0.178. The molecular formula is C19H25N7. The highest BCUT2D eigenvalue weighted by atomic mass is 15.5. The molecule has 26 heavy (non-hydrogen) atoms. The van der Waals surface area contributed by atoms with Crippen LogP contribution in [0.1, 0.15) is 13.3 Å². The Hall–Kier alpha value is -2.51. The number of hydrogen-bond donors (Lipinski definition) is 1. The number of aromatic nitrogens is 4. The lowest BCUT2D eigenvalue weighted by Gasteiger charge is -2.32. The summed E-state index contributed by atoms with van der Waals surface area (Å²) in [6, 6.07) is 6.28. The Morgan fingerprint density at radius 1 is 1.08 bits per heavy atom. The van der Waals surface area contributed by atoms with Crippen LogP contribution in [0, 0.1) is 0 Å². The number of piperazine rings is 1. The number of hydrazine groups is 1. The zero-order valence-corrected chi connectivity index (χ0v) is 15.4. The summed E-state index contributed by atoms with van der Waals surface area (Å²) >= 11 is 0. The van der Waals surface area contributed by atoms with E-state index in [4.69, 9.17) is 0 Å². The van der Waals surface area contributed by atoms with Crippen LogP contribution < -0.4 is 5.43 Å². The van der Waals surface area contributed by atoms with Crippen molar-refractivity contribution in [1.82, 2.24) is 29.7 Å². The molecule has 1 fully saturated rings. The molecule has 0 unspecified atom stereocenters. The van der Waals surface area contributed by atoms with Gasteiger partial charge in [-0.15, -0.1) is 0 Å². The zero-order valence-electron chi connectivity index (χ0n) is 15.4. The van der Waals surface area contributed by atoms with Crippen molar-refractivity contribution in [2.24, 2.45) is 0 Å². The van der Waals surface area contributed by atoms with Gasteiger partial charge >= 0.3 is 0 Å². The fourth-order valence-electron chi connectivity index (χ4n) is 3.19. The van der Waals surface area contributed by atoms with E-state index in [-0.39, 0.29) is 0 Å². The van der Waals surface area contributed by atoms with E-state index in [1.165, 1.54) is 0 Å². The third-order valence-electron chi connectivity index (χ3n) is 4.76. The first kappa shape index (κ1) is 16.9. The van der Waals surface area contributed by atoms with Crippen molar-refractivity contribution in [3.05, 3.63) is 36.8 Å². The summed E-state index contributed by atoms with van der Waals surface area (Å²) in [6.07, 6.45) is 6.98. The monoisotopic (exact) mass is 351 g/mol. The molecule has 0 bridgehead atoms. The third kappa shape index (κ3) is 3.68. The number of fused-ring (bicyclic) bond motifs is 1. The van der Waals surface area contributed by atoms with Gasteiger partial charge in [0, 0.05) is 56.1 Å². The Kier molecular flexibility index (Phi) is 4.81. The van der Waals surface area contributed by atoms with E-state index >= 15 is 0 Å². The Labute approximate surface area is 153 Å². The average Bonchev–Trinajstić information content (AvgIpc) is 3.12. The highest BCUT2D eigenvalue weighted by molar-refractivity contribution is 5.84. The van der Waals surface area contributed by atoms with Gasteiger partial charge in [0.2, 0.25) is 5.95 Å². The number of anilines is 1. The van der Waals surface area contributed by atoms with E-state index in [9.17, 15) is 0 Å². The van der Waals surface area contributed by atoms with Gasteiger partial charge in [0.15, 0.2) is 0 Å². The quantitative estimate of drug-likeness (QED) is 0.762. The van der Waals surface area contributed by atoms with Crippen molar-refractivity contribution in [1.29, 1.82) is 0 Å². The van der Waals surface area contributed by atoms with E-state index in [1.807, 2.05) is 17.1 Å². The molecule has 0 radical (unpaired) electrons. The van der Waals surface area contributed by atoms with E-state index in [1.54, 1.807) is 0 Å². The molecule has 2 aromatic heterocycles. The molecule has 1 N–H and O–H groups in total. The molecule has 7 heteroatoms. The molecule has 3 aromatic rings. The Morgan fingerprint density at radius 3 is 2.73 bits per heavy atom. The van der Waals surface area contributed by atoms with Gasteiger partial charge in [-0.25, -0.2) is 15.0 Å². The summed E-state index contributed by atoms with van der Waals surface area (Å²) in [5.41, 5.74) is 6.54. The number of aryl methyl sites for hydroxylation is 1. The van der Waals surface area contributed by atoms with Gasteiger partial charge in [-0.3, -0.25) is 10.1 Å². The van der Waals surface area contributed by atoms with Crippen molar-refractivity contribution < 1.29 is 0 Å². The minimum absolute atomic E-state index is 0.658. The number of likely N-dealkylation sites (N-methyl/N-ethyl adjacent to an activating group) is 1. The van der Waals surface area contributed by atoms with Crippen molar-refractivity contribution in [3.8, 4) is 11.1 Å². The lowest BCUT2D eigenvalue weighted by Crippen LogP contribution is -2.47. The SMILES string of the molecule is CCCn1cc(-c2ccc3nc(NN4CCN(C)CC4)ncc3c2)cn1. The summed E-state index contributed by atoms with van der Waals surface area (Å²) in [7, 11) is 2.15. The van der Waals surface area contributed by atoms with Crippen LogP contribution in [-0.2, 0) is 6.54 Å². The molecule has 0 saturated carbocycles. The maximum Gasteiger partial charge on any atom is 0.238 e. The summed E-state index contributed by atoms with van der Waals surface area (Å²) in [5.74, 6) is 0.658. The van der Waals surface area contributed by atoms with E-state index in [0.717, 1.165) is 61.2 Å². The predicted octanol–water partition coefficient (Wildman–Crippen LogP) is 2.48. The largest absolute Gasteiger partial charge is 0.304 e. The highest BCUT2D eigenvalue weighted by Gasteiger charge is 2.14. The number of nitrogens with zero attached hydrogens (tertiary/aromatic N) is 6. The normalized spacial score (nSPS) is 16.2. The molecule has 0 amide bonds. The first-order valence-corrected chi connectivity index (χ1v) is 9.21. The van der Waals surface area contributed by atoms with Gasteiger partial charge in [0.25, 0.3) is 0 Å². The zero-order chi connectivity index (χ0) is 17.9. The van der Waals surface area contributed by atoms with Crippen LogP contribution in [0.4, 0.5) is 5.95 Å². The average molecular weight is 351 g/mol. The van der Waals surface area contributed by atoms with Crippen molar-refractivity contribution in [2.75, 3.05) is 38.7 Å². The molecule has 1 aromatic carbocycles. The molecular weight excluding hydrogens is 326 g/mol. The number of benzene rings is 1. The van der Waals surface area contributed by atoms with Crippen LogP contribution in [-0.4, -0.2) is 62.9 Å². The van der Waals surface area contributed by atoms with Crippen LogP contribution in [0.2, 0.25) is 0 Å². The molecule has 0 atom stereocenters. The van der Waals surface area contributed by atoms with Crippen molar-refractivity contribution in [2.45, 2.75) is 19.9 Å². The van der Waals surface area contributed by atoms with Crippen LogP contribution in [0.15, 0.2) is 36.8 Å². The van der Waals surface area contributed by atoms with Crippen LogP contribution >= 0.6 is 0 Å². The maximum atomic E-state index is 4.66. The lowest BCUT2D eigenvalue weighted by atomic mass is 10.1. The van der Waals surface area contributed by atoms with Gasteiger partial charge in [-0.1, -0.05) is 13.0 Å². The van der Waals surface area contributed by atoms with E-state index in [0.29, 0.717) is 5.95 Å². The Balaban J connectivity index is 1.52. The molecule has 1 saturated heterocycles. The van der Waals surface area contributed by atoms with Gasteiger partial charge in [0.1, 0.15) is 0 Å². The first-order chi connectivity index (χ1) is 12.7. The molecule has 0 spiro atoms. The molecule has 4 rings (SSSR count). The fraction of sp³-hybridized carbons (Fsp3) is 0.421. The molecule has 1 aliphatic rings. The van der Waals surface area contributed by atoms with Crippen molar-refractivity contribution in [3.63, 3.8) is 0 Å². The number of nitrogens with one attached hydrogen (secondary N) is 1. The Morgan fingerprint density at radius 2 is 1.92 bits per heavy atom. The van der Waals surface area contributed by atoms with Gasteiger partial charge < -0.3 is 4.90 Å². The standard InChI is InChI=1S/C19H25N7/c1-3-6-26-14-17(13-21-26)15-4-5-18-16(11-15)12-20-19(22-18)23-25-9-7-24(2)8-10-25/h4-5,11-14H,3,6-10H2,1-2H3,(H,20,22,23). The molecule has 1 aliphatic heterocycles. The van der Waals surface area contributed by atoms with E-state index < -0.39 is 0 Å². The molecule has 0 aliphatic carbocycles. The second kappa shape index (κ2) is 7.39. The second-order valence-electron chi connectivity index (χ2n) is 6.86. The highest BCUT2D eigenvalue weighted by Crippen LogP contribution is 2.23. The minimum Gasteiger partial charge on any atom is -0.304 e. The van der Waals surface area contributed by atoms with Gasteiger partial charge in [-0.05, 0) is 31.2 Å². The molecule has 7 nitrogen and oxygen atoms in total. The van der Waals surface area contributed by atoms with Crippen LogP contribution in [0.5, 0.6) is 0 Å². The summed E-state index contributed by atoms with van der Waals surface area (Å²) in [4.78, 5) is 11.5.